The fraction of sp³-hybridized carbons (Fsp3) is 0.786. The van der Waals surface area contributed by atoms with E-state index < -0.39 is 8.80 Å². The summed E-state index contributed by atoms with van der Waals surface area (Å²) in [5, 5.41) is 0. The smallest absolute Gasteiger partial charge is 0.463 e. The van der Waals surface area contributed by atoms with Crippen molar-refractivity contribution in [1.82, 2.24) is 0 Å². The van der Waals surface area contributed by atoms with Crippen LogP contribution in [0.25, 0.3) is 0 Å². The highest BCUT2D eigenvalue weighted by atomic mass is 28.4. The summed E-state index contributed by atoms with van der Waals surface area (Å²) in [4.78, 5) is 10.1. The van der Waals surface area contributed by atoms with Crippen LogP contribution in [0.5, 0.6) is 0 Å². The maximum atomic E-state index is 10.1. The van der Waals surface area contributed by atoms with Crippen LogP contribution in [0.1, 0.15) is 34.1 Å². The fourth-order valence-corrected chi connectivity index (χ4v) is 4.16. The first-order valence-corrected chi connectivity index (χ1v) is 9.39. The lowest BCUT2D eigenvalue weighted by Gasteiger charge is -2.28. The van der Waals surface area contributed by atoms with E-state index in [9.17, 15) is 4.79 Å². The third-order valence-corrected chi connectivity index (χ3v) is 5.38. The van der Waals surface area contributed by atoms with E-state index in [-0.39, 0.29) is 5.97 Å². The molecule has 0 heterocycles. The zero-order valence-electron chi connectivity index (χ0n) is 13.9. The fourth-order valence-electron chi connectivity index (χ4n) is 1.52. The maximum Gasteiger partial charge on any atom is 0.500 e. The molecule has 0 bridgehead atoms. The van der Waals surface area contributed by atoms with E-state index in [1.54, 1.807) is 6.92 Å². The van der Waals surface area contributed by atoms with Gasteiger partial charge >= 0.3 is 14.8 Å². The Balaban J connectivity index is 0. The van der Waals surface area contributed by atoms with Crippen LogP contribution >= 0.6 is 0 Å². The SMILES string of the molecule is C=CC(=O)OCC.CCO[Si](CCCN)(OCC)OCC. The Labute approximate surface area is 130 Å². The molecule has 0 aromatic heterocycles. The molecule has 2 N–H and O–H groups in total. The van der Waals surface area contributed by atoms with Crippen LogP contribution in [-0.2, 0) is 22.8 Å². The molecule has 7 heteroatoms. The Bertz CT molecular complexity index is 247. The summed E-state index contributed by atoms with van der Waals surface area (Å²) in [7, 11) is -2.40. The minimum atomic E-state index is -2.40. The van der Waals surface area contributed by atoms with Gasteiger partial charge in [0.15, 0.2) is 0 Å². The molecule has 126 valence electrons. The molecule has 0 fully saturated rings. The molecule has 0 spiro atoms. The number of hydrogen-bond acceptors (Lipinski definition) is 6. The van der Waals surface area contributed by atoms with Gasteiger partial charge in [0, 0.05) is 31.9 Å². The summed E-state index contributed by atoms with van der Waals surface area (Å²) >= 11 is 0. The lowest BCUT2D eigenvalue weighted by Crippen LogP contribution is -2.46. The standard InChI is InChI=1S/C9H23NO3Si.C5H8O2/c1-4-11-14(12-5-2,13-6-3)9-7-8-10;1-3-5(6)7-4-2/h4-10H2,1-3H3;3H,1,4H2,2H3. The average molecular weight is 321 g/mol. The molecule has 0 atom stereocenters. The molecule has 0 unspecified atom stereocenters. The van der Waals surface area contributed by atoms with Crippen molar-refractivity contribution in [2.75, 3.05) is 33.0 Å². The number of nitrogens with two attached hydrogens (primary N) is 1. The van der Waals surface area contributed by atoms with E-state index in [0.717, 1.165) is 18.5 Å². The van der Waals surface area contributed by atoms with Crippen LogP contribution in [0.2, 0.25) is 6.04 Å². The Morgan fingerprint density at radius 3 is 1.76 bits per heavy atom. The molecule has 0 saturated heterocycles. The molecule has 0 amide bonds. The number of rotatable bonds is 11. The lowest BCUT2D eigenvalue weighted by atomic mass is 10.5. The number of esters is 1. The van der Waals surface area contributed by atoms with Crippen molar-refractivity contribution in [3.63, 3.8) is 0 Å². The van der Waals surface area contributed by atoms with Crippen molar-refractivity contribution in [3.8, 4) is 0 Å². The van der Waals surface area contributed by atoms with Crippen LogP contribution in [0.4, 0.5) is 0 Å². The minimum absolute atomic E-state index is 0.359. The third-order valence-electron chi connectivity index (χ3n) is 2.23. The summed E-state index contributed by atoms with van der Waals surface area (Å²) in [6.07, 6.45) is 2.04. The second kappa shape index (κ2) is 15.7. The summed E-state index contributed by atoms with van der Waals surface area (Å²) < 4.78 is 21.4. The molecule has 0 aliphatic rings. The van der Waals surface area contributed by atoms with E-state index >= 15 is 0 Å². The van der Waals surface area contributed by atoms with Gasteiger partial charge < -0.3 is 23.7 Å². The molecular formula is C14H31NO5Si. The first-order valence-electron chi connectivity index (χ1n) is 7.46. The van der Waals surface area contributed by atoms with Gasteiger partial charge in [0.2, 0.25) is 0 Å². The van der Waals surface area contributed by atoms with Crippen LogP contribution in [0.3, 0.4) is 0 Å². The summed E-state index contributed by atoms with van der Waals surface area (Å²) in [6, 6.07) is 0.818. The van der Waals surface area contributed by atoms with Gasteiger partial charge in [-0.05, 0) is 40.7 Å². The predicted octanol–water partition coefficient (Wildman–Crippen LogP) is 2.12. The van der Waals surface area contributed by atoms with Gasteiger partial charge in [-0.1, -0.05) is 6.58 Å². The average Bonchev–Trinajstić information content (AvgIpc) is 2.47. The first-order chi connectivity index (χ1) is 10.1. The Morgan fingerprint density at radius 1 is 1.05 bits per heavy atom. The first kappa shape index (κ1) is 22.5. The number of carbonyl (C=O) groups excluding carboxylic acids is 1. The molecular weight excluding hydrogens is 290 g/mol. The number of ether oxygens (including phenoxy) is 1. The van der Waals surface area contributed by atoms with Gasteiger partial charge in [-0.2, -0.15) is 0 Å². The van der Waals surface area contributed by atoms with Crippen molar-refractivity contribution < 1.29 is 22.8 Å². The van der Waals surface area contributed by atoms with Crippen LogP contribution in [0.15, 0.2) is 12.7 Å². The topological polar surface area (TPSA) is 80.0 Å². The predicted molar refractivity (Wildman–Crippen MR) is 85.9 cm³/mol. The molecule has 0 saturated carbocycles. The molecule has 0 aromatic rings. The van der Waals surface area contributed by atoms with Crippen LogP contribution in [0, 0.1) is 0 Å². The van der Waals surface area contributed by atoms with Gasteiger partial charge in [0.1, 0.15) is 0 Å². The van der Waals surface area contributed by atoms with Gasteiger partial charge in [0.05, 0.1) is 6.61 Å². The minimum Gasteiger partial charge on any atom is -0.463 e. The Morgan fingerprint density at radius 2 is 1.52 bits per heavy atom. The maximum absolute atomic E-state index is 10.1. The van der Waals surface area contributed by atoms with Gasteiger partial charge in [-0.15, -0.1) is 0 Å². The molecule has 21 heavy (non-hydrogen) atoms. The van der Waals surface area contributed by atoms with Gasteiger partial charge in [-0.25, -0.2) is 4.79 Å². The third kappa shape index (κ3) is 12.7. The summed E-state index contributed by atoms with van der Waals surface area (Å²) in [6.45, 7) is 13.8. The number of hydrogen-bond donors (Lipinski definition) is 1. The van der Waals surface area contributed by atoms with E-state index in [1.165, 1.54) is 0 Å². The van der Waals surface area contributed by atoms with Crippen molar-refractivity contribution >= 4 is 14.8 Å². The molecule has 0 aliphatic carbocycles. The summed E-state index contributed by atoms with van der Waals surface area (Å²) in [5.41, 5.74) is 5.48. The summed E-state index contributed by atoms with van der Waals surface area (Å²) in [5.74, 6) is -0.359. The quantitative estimate of drug-likeness (QED) is 0.357. The van der Waals surface area contributed by atoms with E-state index in [4.69, 9.17) is 19.0 Å². The van der Waals surface area contributed by atoms with Crippen molar-refractivity contribution in [2.45, 2.75) is 40.2 Å². The Kier molecular flexibility index (Phi) is 16.8. The zero-order valence-corrected chi connectivity index (χ0v) is 14.9. The van der Waals surface area contributed by atoms with E-state index in [2.05, 4.69) is 11.3 Å². The molecule has 0 rings (SSSR count). The second-order valence-electron chi connectivity index (χ2n) is 3.83. The van der Waals surface area contributed by atoms with Gasteiger partial charge in [0.25, 0.3) is 0 Å². The molecule has 6 nitrogen and oxygen atoms in total. The van der Waals surface area contributed by atoms with Crippen molar-refractivity contribution in [1.29, 1.82) is 0 Å². The monoisotopic (exact) mass is 321 g/mol. The molecule has 0 radical (unpaired) electrons. The van der Waals surface area contributed by atoms with Crippen LogP contribution in [-0.4, -0.2) is 47.7 Å². The molecule has 0 aromatic carbocycles. The van der Waals surface area contributed by atoms with Gasteiger partial charge in [-0.3, -0.25) is 0 Å². The zero-order chi connectivity index (χ0) is 16.6. The molecule has 0 aliphatic heterocycles. The normalized spacial score (nSPS) is 10.5. The highest BCUT2D eigenvalue weighted by molar-refractivity contribution is 6.60. The van der Waals surface area contributed by atoms with Crippen molar-refractivity contribution in [3.05, 3.63) is 12.7 Å². The van der Waals surface area contributed by atoms with E-state index in [1.807, 2.05) is 20.8 Å². The lowest BCUT2D eigenvalue weighted by molar-refractivity contribution is -0.137. The van der Waals surface area contributed by atoms with Crippen LogP contribution < -0.4 is 5.73 Å². The van der Waals surface area contributed by atoms with Crippen molar-refractivity contribution in [2.24, 2.45) is 5.73 Å². The highest BCUT2D eigenvalue weighted by Gasteiger charge is 2.39. The Hall–Kier alpha value is -0.733. The largest absolute Gasteiger partial charge is 0.500 e. The number of carbonyl (C=O) groups is 1. The van der Waals surface area contributed by atoms with E-state index in [0.29, 0.717) is 33.0 Å². The second-order valence-corrected chi connectivity index (χ2v) is 6.56. The highest BCUT2D eigenvalue weighted by Crippen LogP contribution is 2.17.